The van der Waals surface area contributed by atoms with Gasteiger partial charge in [0.1, 0.15) is 6.61 Å². The van der Waals surface area contributed by atoms with E-state index >= 15 is 0 Å². The fourth-order valence-electron chi connectivity index (χ4n) is 4.44. The topological polar surface area (TPSA) is 103 Å². The van der Waals surface area contributed by atoms with Gasteiger partial charge < -0.3 is 19.2 Å². The van der Waals surface area contributed by atoms with Gasteiger partial charge >= 0.3 is 11.9 Å². The molecule has 0 aliphatic rings. The Morgan fingerprint density at radius 1 is 0.900 bits per heavy atom. The summed E-state index contributed by atoms with van der Waals surface area (Å²) in [5, 5.41) is 3.01. The first-order chi connectivity index (χ1) is 19.4. The lowest BCUT2D eigenvalue weighted by atomic mass is 10.0. The van der Waals surface area contributed by atoms with Crippen LogP contribution in [0.3, 0.4) is 0 Å². The SMILES string of the molecule is CCOC(=O)CCCc1cc(C(=O)c2cccc(NC(C)C(=O)C(=O)OCc3ccccc3)c2)c2ccccn12. The zero-order valence-electron chi connectivity index (χ0n) is 22.6. The van der Waals surface area contributed by atoms with Crippen molar-refractivity contribution in [1.82, 2.24) is 4.40 Å². The highest BCUT2D eigenvalue weighted by Gasteiger charge is 2.24. The second kappa shape index (κ2) is 13.4. The van der Waals surface area contributed by atoms with E-state index in [0.717, 1.165) is 16.8 Å². The minimum absolute atomic E-state index is 0.0124. The number of carbonyl (C=O) groups excluding carboxylic acids is 4. The molecule has 40 heavy (non-hydrogen) atoms. The van der Waals surface area contributed by atoms with Crippen LogP contribution in [0.15, 0.2) is 85.1 Å². The molecule has 8 nitrogen and oxygen atoms in total. The summed E-state index contributed by atoms with van der Waals surface area (Å²) < 4.78 is 12.1. The van der Waals surface area contributed by atoms with Crippen molar-refractivity contribution in [3.63, 3.8) is 0 Å². The molecule has 206 valence electrons. The van der Waals surface area contributed by atoms with Gasteiger partial charge in [-0.2, -0.15) is 0 Å². The Morgan fingerprint density at radius 3 is 2.45 bits per heavy atom. The van der Waals surface area contributed by atoms with E-state index in [0.29, 0.717) is 42.7 Å². The summed E-state index contributed by atoms with van der Waals surface area (Å²) in [5.74, 6) is -2.04. The third kappa shape index (κ3) is 7.02. The number of nitrogens with zero attached hydrogens (tertiary/aromatic N) is 1. The van der Waals surface area contributed by atoms with E-state index in [1.54, 1.807) is 38.1 Å². The normalized spacial score (nSPS) is 11.6. The monoisotopic (exact) mass is 540 g/mol. The average molecular weight is 541 g/mol. The molecule has 4 aromatic rings. The number of Topliss-reactive ketones (excluding diaryl/α,β-unsaturated/α-hetero) is 1. The number of aromatic nitrogens is 1. The number of benzene rings is 2. The van der Waals surface area contributed by atoms with Crippen LogP contribution >= 0.6 is 0 Å². The molecule has 0 saturated carbocycles. The number of rotatable bonds is 13. The van der Waals surface area contributed by atoms with E-state index < -0.39 is 17.8 Å². The third-order valence-electron chi connectivity index (χ3n) is 6.44. The van der Waals surface area contributed by atoms with Crippen molar-refractivity contribution in [2.45, 2.75) is 45.8 Å². The van der Waals surface area contributed by atoms with Crippen molar-refractivity contribution in [2.75, 3.05) is 11.9 Å². The lowest BCUT2D eigenvalue weighted by molar-refractivity contribution is -0.155. The summed E-state index contributed by atoms with van der Waals surface area (Å²) in [7, 11) is 0. The second-order valence-corrected chi connectivity index (χ2v) is 9.37. The van der Waals surface area contributed by atoms with Gasteiger partial charge in [-0.25, -0.2) is 4.79 Å². The molecular formula is C32H32N2O6. The van der Waals surface area contributed by atoms with Gasteiger partial charge in [0, 0.05) is 35.1 Å². The minimum atomic E-state index is -0.924. The molecule has 0 aliphatic carbocycles. The van der Waals surface area contributed by atoms with Gasteiger partial charge in [0.15, 0.2) is 5.78 Å². The van der Waals surface area contributed by atoms with Crippen molar-refractivity contribution in [1.29, 1.82) is 0 Å². The van der Waals surface area contributed by atoms with Crippen LogP contribution in [0, 0.1) is 0 Å². The smallest absolute Gasteiger partial charge is 0.377 e. The second-order valence-electron chi connectivity index (χ2n) is 9.37. The Hall–Kier alpha value is -4.72. The quantitative estimate of drug-likeness (QED) is 0.142. The first-order valence-electron chi connectivity index (χ1n) is 13.3. The van der Waals surface area contributed by atoms with Crippen LogP contribution in [0.4, 0.5) is 5.69 Å². The van der Waals surface area contributed by atoms with Crippen LogP contribution in [-0.2, 0) is 36.9 Å². The minimum Gasteiger partial charge on any atom is -0.466 e. The van der Waals surface area contributed by atoms with Gasteiger partial charge in [0.05, 0.1) is 18.2 Å². The van der Waals surface area contributed by atoms with Crippen molar-refractivity contribution in [3.8, 4) is 0 Å². The summed E-state index contributed by atoms with van der Waals surface area (Å²) >= 11 is 0. The number of hydrogen-bond donors (Lipinski definition) is 1. The molecule has 8 heteroatoms. The number of nitrogens with one attached hydrogen (secondary N) is 1. The van der Waals surface area contributed by atoms with E-state index in [4.69, 9.17) is 9.47 Å². The van der Waals surface area contributed by atoms with Crippen LogP contribution in [-0.4, -0.2) is 40.6 Å². The van der Waals surface area contributed by atoms with Crippen molar-refractivity contribution >= 4 is 34.7 Å². The highest BCUT2D eigenvalue weighted by atomic mass is 16.5. The molecular weight excluding hydrogens is 508 g/mol. The predicted octanol–water partition coefficient (Wildman–Crippen LogP) is 5.17. The largest absolute Gasteiger partial charge is 0.466 e. The van der Waals surface area contributed by atoms with Gasteiger partial charge in [0.25, 0.3) is 5.78 Å². The summed E-state index contributed by atoms with van der Waals surface area (Å²) in [6.45, 7) is 3.72. The highest BCUT2D eigenvalue weighted by Crippen LogP contribution is 2.23. The Balaban J connectivity index is 1.44. The van der Waals surface area contributed by atoms with Crippen molar-refractivity contribution in [3.05, 3.63) is 107 Å². The third-order valence-corrected chi connectivity index (χ3v) is 6.44. The number of esters is 2. The molecule has 0 amide bonds. The zero-order chi connectivity index (χ0) is 28.5. The predicted molar refractivity (Wildman–Crippen MR) is 151 cm³/mol. The van der Waals surface area contributed by atoms with Gasteiger partial charge in [-0.3, -0.25) is 14.4 Å². The molecule has 2 heterocycles. The summed E-state index contributed by atoms with van der Waals surface area (Å²) in [5.41, 5.74) is 3.98. The summed E-state index contributed by atoms with van der Waals surface area (Å²) in [4.78, 5) is 50.2. The fourth-order valence-corrected chi connectivity index (χ4v) is 4.44. The highest BCUT2D eigenvalue weighted by molar-refractivity contribution is 6.36. The van der Waals surface area contributed by atoms with E-state index in [1.165, 1.54) is 0 Å². The van der Waals surface area contributed by atoms with Crippen LogP contribution in [0.25, 0.3) is 5.52 Å². The Kier molecular flexibility index (Phi) is 9.46. The van der Waals surface area contributed by atoms with Gasteiger partial charge in [-0.05, 0) is 62.6 Å². The molecule has 0 bridgehead atoms. The average Bonchev–Trinajstić information content (AvgIpc) is 3.34. The fraction of sp³-hybridized carbons (Fsp3) is 0.250. The molecule has 1 atom stereocenters. The Morgan fingerprint density at radius 2 is 1.68 bits per heavy atom. The molecule has 2 aromatic carbocycles. The van der Waals surface area contributed by atoms with Crippen LogP contribution in [0.2, 0.25) is 0 Å². The van der Waals surface area contributed by atoms with E-state index in [1.807, 2.05) is 65.2 Å². The van der Waals surface area contributed by atoms with E-state index in [9.17, 15) is 19.2 Å². The number of carbonyl (C=O) groups is 4. The summed E-state index contributed by atoms with van der Waals surface area (Å²) in [6.07, 6.45) is 3.42. The number of hydrogen-bond acceptors (Lipinski definition) is 7. The first kappa shape index (κ1) is 28.3. The molecule has 0 fully saturated rings. The summed E-state index contributed by atoms with van der Waals surface area (Å²) in [6, 6.07) is 22.6. The molecule has 2 aromatic heterocycles. The number of ketones is 2. The van der Waals surface area contributed by atoms with E-state index in [2.05, 4.69) is 5.32 Å². The maximum atomic E-state index is 13.6. The molecule has 0 aliphatic heterocycles. The molecule has 1 unspecified atom stereocenters. The number of ether oxygens (including phenoxy) is 2. The van der Waals surface area contributed by atoms with Crippen LogP contribution in [0.1, 0.15) is 53.9 Å². The van der Waals surface area contributed by atoms with Gasteiger partial charge in [0.2, 0.25) is 0 Å². The van der Waals surface area contributed by atoms with Gasteiger partial charge in [-0.1, -0.05) is 48.5 Å². The van der Waals surface area contributed by atoms with Crippen molar-refractivity contribution in [2.24, 2.45) is 0 Å². The number of anilines is 1. The van der Waals surface area contributed by atoms with Crippen LogP contribution < -0.4 is 5.32 Å². The standard InChI is InChI=1S/C32H32N2O6/c1-3-39-29(35)17-10-15-26-20-27(28-16-7-8-18-34(26)28)31(37)24-13-9-14-25(19-24)33-22(2)30(36)32(38)40-21-23-11-5-4-6-12-23/h4-9,11-14,16,18-20,22,33H,3,10,15,17,21H2,1-2H3. The van der Waals surface area contributed by atoms with Crippen LogP contribution in [0.5, 0.6) is 0 Å². The van der Waals surface area contributed by atoms with Gasteiger partial charge in [-0.15, -0.1) is 0 Å². The molecule has 0 radical (unpaired) electrons. The molecule has 1 N–H and O–H groups in total. The Bertz CT molecular complexity index is 1510. The maximum absolute atomic E-state index is 13.6. The maximum Gasteiger partial charge on any atom is 0.377 e. The number of aryl methyl sites for hydroxylation is 1. The van der Waals surface area contributed by atoms with Crippen molar-refractivity contribution < 1.29 is 28.7 Å². The molecule has 0 spiro atoms. The zero-order valence-corrected chi connectivity index (χ0v) is 22.6. The molecule has 4 rings (SSSR count). The Labute approximate surface area is 232 Å². The number of fused-ring (bicyclic) bond motifs is 1. The lowest BCUT2D eigenvalue weighted by Gasteiger charge is -2.14. The molecule has 0 saturated heterocycles. The first-order valence-corrected chi connectivity index (χ1v) is 13.3. The number of pyridine rings is 1. The van der Waals surface area contributed by atoms with E-state index in [-0.39, 0.29) is 18.4 Å². The lowest BCUT2D eigenvalue weighted by Crippen LogP contribution is -2.33.